The van der Waals surface area contributed by atoms with E-state index in [2.05, 4.69) is 17.6 Å². The molecule has 14 heteroatoms. The van der Waals surface area contributed by atoms with Gasteiger partial charge in [-0.15, -0.1) is 0 Å². The summed E-state index contributed by atoms with van der Waals surface area (Å²) in [6, 6.07) is 5.28. The summed E-state index contributed by atoms with van der Waals surface area (Å²) < 4.78 is 16.3. The van der Waals surface area contributed by atoms with E-state index in [0.717, 1.165) is 0 Å². The van der Waals surface area contributed by atoms with E-state index in [-0.39, 0.29) is 45.0 Å². The van der Waals surface area contributed by atoms with Gasteiger partial charge < -0.3 is 14.9 Å². The second kappa shape index (κ2) is 12.5. The van der Waals surface area contributed by atoms with Crippen LogP contribution in [0.5, 0.6) is 5.75 Å². The van der Waals surface area contributed by atoms with Crippen LogP contribution in [0.2, 0.25) is 20.1 Å². The molecule has 0 spiro atoms. The molecule has 232 valence electrons. The SMILES string of the molecule is C=CC(=O)N1CCN(c2c(C#N)c(=O)n(-c3c(C)ccnc3C(C)C)c3nc(-c4c(O)c(Cl)c(Cl)c(F)c4Cl)c(Cl)cc23)CC1. The van der Waals surface area contributed by atoms with Crippen molar-refractivity contribution in [2.24, 2.45) is 0 Å². The summed E-state index contributed by atoms with van der Waals surface area (Å²) in [5.41, 5.74) is 0.585. The van der Waals surface area contributed by atoms with Crippen LogP contribution in [0, 0.1) is 24.1 Å². The number of phenolic OH excluding ortho intramolecular Hbond substituents is 1. The summed E-state index contributed by atoms with van der Waals surface area (Å²) in [4.78, 5) is 39.3. The number of anilines is 1. The van der Waals surface area contributed by atoms with E-state index in [0.29, 0.717) is 48.5 Å². The minimum Gasteiger partial charge on any atom is -0.506 e. The van der Waals surface area contributed by atoms with Crippen LogP contribution in [0.4, 0.5) is 10.1 Å². The summed E-state index contributed by atoms with van der Waals surface area (Å²) >= 11 is 25.1. The zero-order chi connectivity index (χ0) is 32.9. The van der Waals surface area contributed by atoms with E-state index >= 15 is 4.39 Å². The van der Waals surface area contributed by atoms with Crippen molar-refractivity contribution in [3.63, 3.8) is 0 Å². The Morgan fingerprint density at radius 3 is 2.40 bits per heavy atom. The normalized spacial score (nSPS) is 13.4. The fourth-order valence-electron chi connectivity index (χ4n) is 5.48. The maximum absolute atomic E-state index is 15.0. The number of hydrogen-bond donors (Lipinski definition) is 1. The molecule has 1 aromatic carbocycles. The van der Waals surface area contributed by atoms with E-state index in [1.165, 1.54) is 16.7 Å². The van der Waals surface area contributed by atoms with E-state index in [4.69, 9.17) is 51.4 Å². The first kappa shape index (κ1) is 32.5. The Morgan fingerprint density at radius 1 is 1.13 bits per heavy atom. The number of carbonyl (C=O) groups is 1. The number of aromatic hydroxyl groups is 1. The monoisotopic (exact) mass is 688 g/mol. The summed E-state index contributed by atoms with van der Waals surface area (Å²) in [5.74, 6) is -2.13. The third-order valence-electron chi connectivity index (χ3n) is 7.67. The van der Waals surface area contributed by atoms with Crippen molar-refractivity contribution in [2.75, 3.05) is 31.1 Å². The van der Waals surface area contributed by atoms with Gasteiger partial charge in [-0.05, 0) is 36.6 Å². The summed E-state index contributed by atoms with van der Waals surface area (Å²) in [6.07, 6.45) is 2.85. The van der Waals surface area contributed by atoms with Crippen LogP contribution in [0.15, 0.2) is 35.8 Å². The van der Waals surface area contributed by atoms with Crippen LogP contribution in [-0.4, -0.2) is 56.6 Å². The summed E-state index contributed by atoms with van der Waals surface area (Å²) in [7, 11) is 0. The number of hydrogen-bond acceptors (Lipinski definition) is 7. The van der Waals surface area contributed by atoms with Crippen molar-refractivity contribution >= 4 is 69.0 Å². The zero-order valence-corrected chi connectivity index (χ0v) is 27.3. The Bertz CT molecular complexity index is 1990. The number of phenols is 1. The van der Waals surface area contributed by atoms with Gasteiger partial charge in [0.1, 0.15) is 33.1 Å². The van der Waals surface area contributed by atoms with Gasteiger partial charge in [-0.1, -0.05) is 66.8 Å². The molecule has 1 aliphatic rings. The molecule has 45 heavy (non-hydrogen) atoms. The molecule has 9 nitrogen and oxygen atoms in total. The lowest BCUT2D eigenvalue weighted by molar-refractivity contribution is -0.126. The number of carbonyl (C=O) groups excluding carboxylic acids is 1. The Labute approximate surface area is 277 Å². The van der Waals surface area contributed by atoms with E-state index < -0.39 is 32.2 Å². The van der Waals surface area contributed by atoms with Crippen molar-refractivity contribution in [1.82, 2.24) is 19.4 Å². The number of pyridine rings is 3. The molecule has 0 atom stereocenters. The molecule has 0 aliphatic carbocycles. The van der Waals surface area contributed by atoms with Crippen LogP contribution in [0.1, 0.15) is 36.6 Å². The first-order valence-electron chi connectivity index (χ1n) is 13.7. The lowest BCUT2D eigenvalue weighted by Crippen LogP contribution is -2.49. The third-order valence-corrected chi connectivity index (χ3v) is 9.14. The molecule has 0 saturated carbocycles. The van der Waals surface area contributed by atoms with Crippen molar-refractivity contribution in [3.05, 3.63) is 84.1 Å². The fourth-order valence-corrected chi connectivity index (χ4v) is 6.41. The highest BCUT2D eigenvalue weighted by Crippen LogP contribution is 2.48. The molecular formula is C31H25Cl4FN6O3. The quantitative estimate of drug-likeness (QED) is 0.136. The number of nitrogens with zero attached hydrogens (tertiary/aromatic N) is 6. The highest BCUT2D eigenvalue weighted by Gasteiger charge is 2.31. The van der Waals surface area contributed by atoms with E-state index in [9.17, 15) is 20.0 Å². The van der Waals surface area contributed by atoms with Crippen molar-refractivity contribution < 1.29 is 14.3 Å². The molecule has 1 amide bonds. The molecule has 1 aliphatic heterocycles. The molecule has 3 aromatic heterocycles. The van der Waals surface area contributed by atoms with Crippen molar-refractivity contribution in [1.29, 1.82) is 5.26 Å². The Hall–Kier alpha value is -3.88. The maximum Gasteiger partial charge on any atom is 0.276 e. The van der Waals surface area contributed by atoms with Gasteiger partial charge in [-0.25, -0.2) is 9.37 Å². The van der Waals surface area contributed by atoms with Crippen molar-refractivity contribution in [2.45, 2.75) is 26.7 Å². The smallest absolute Gasteiger partial charge is 0.276 e. The fraction of sp³-hybridized carbons (Fsp3) is 0.258. The molecule has 0 bridgehead atoms. The van der Waals surface area contributed by atoms with Gasteiger partial charge in [0.15, 0.2) is 5.82 Å². The maximum atomic E-state index is 15.0. The summed E-state index contributed by atoms with van der Waals surface area (Å²) in [5, 5.41) is 19.9. The summed E-state index contributed by atoms with van der Waals surface area (Å²) in [6.45, 7) is 10.4. The number of benzene rings is 1. The number of amides is 1. The minimum absolute atomic E-state index is 0.0398. The molecule has 1 fully saturated rings. The largest absolute Gasteiger partial charge is 0.506 e. The standard InChI is InChI=1S/C31H25Cl4FN6O3/c1-5-19(43)40-8-10-41(11-9-40)28-16-12-18(32)26(20-21(33)24(36)22(34)23(35)29(20)44)39-30(16)42(31(45)17(28)13-37)27-15(4)6-7-38-25(27)14(2)3/h5-7,12,14,44H,1,8-11H2,2-4H3. The predicted molar refractivity (Wildman–Crippen MR) is 175 cm³/mol. The van der Waals surface area contributed by atoms with Crippen LogP contribution in [-0.2, 0) is 4.79 Å². The van der Waals surface area contributed by atoms with Gasteiger partial charge in [-0.3, -0.25) is 19.1 Å². The van der Waals surface area contributed by atoms with Gasteiger partial charge in [-0.2, -0.15) is 5.26 Å². The number of rotatable bonds is 5. The van der Waals surface area contributed by atoms with Crippen molar-refractivity contribution in [3.8, 4) is 28.8 Å². The minimum atomic E-state index is -1.09. The first-order chi connectivity index (χ1) is 21.3. The van der Waals surface area contributed by atoms with Gasteiger partial charge in [0.2, 0.25) is 5.91 Å². The van der Waals surface area contributed by atoms with Gasteiger partial charge in [0, 0.05) is 37.8 Å². The van der Waals surface area contributed by atoms with E-state index in [1.54, 1.807) is 24.1 Å². The molecule has 0 radical (unpaired) electrons. The number of fused-ring (bicyclic) bond motifs is 1. The van der Waals surface area contributed by atoms with Crippen LogP contribution < -0.4 is 10.5 Å². The topological polar surface area (TPSA) is 115 Å². The highest BCUT2D eigenvalue weighted by molar-refractivity contribution is 6.46. The number of nitriles is 1. The molecule has 4 heterocycles. The molecule has 4 aromatic rings. The van der Waals surface area contributed by atoms with Crippen LogP contribution in [0.3, 0.4) is 0 Å². The molecule has 5 rings (SSSR count). The number of piperazine rings is 1. The molecular weight excluding hydrogens is 665 g/mol. The third kappa shape index (κ3) is 5.38. The lowest BCUT2D eigenvalue weighted by atomic mass is 10.0. The second-order valence-electron chi connectivity index (χ2n) is 10.7. The van der Waals surface area contributed by atoms with Crippen LogP contribution >= 0.6 is 46.4 Å². The van der Waals surface area contributed by atoms with E-state index in [1.807, 2.05) is 18.7 Å². The average molecular weight is 690 g/mol. The molecule has 1 saturated heterocycles. The molecule has 1 N–H and O–H groups in total. The Kier molecular flexibility index (Phi) is 9.02. The van der Waals surface area contributed by atoms with Gasteiger partial charge >= 0.3 is 0 Å². The average Bonchev–Trinajstić information content (AvgIpc) is 3.02. The predicted octanol–water partition coefficient (Wildman–Crippen LogP) is 7.04. The van der Waals surface area contributed by atoms with Gasteiger partial charge in [0.05, 0.1) is 38.4 Å². The number of aryl methyl sites for hydroxylation is 1. The number of halogens is 5. The zero-order valence-electron chi connectivity index (χ0n) is 24.3. The number of aromatic nitrogens is 3. The lowest BCUT2D eigenvalue weighted by Gasteiger charge is -2.36. The Morgan fingerprint density at radius 2 is 1.80 bits per heavy atom. The van der Waals surface area contributed by atoms with Gasteiger partial charge in [0.25, 0.3) is 5.56 Å². The Balaban J connectivity index is 1.93. The van der Waals surface area contributed by atoms with Crippen LogP contribution in [0.25, 0.3) is 28.0 Å². The second-order valence-corrected chi connectivity index (χ2v) is 12.2. The highest BCUT2D eigenvalue weighted by atomic mass is 35.5. The molecule has 0 unspecified atom stereocenters. The first-order valence-corrected chi connectivity index (χ1v) is 15.2.